The minimum absolute atomic E-state index is 0.0996. The number of nitrogens with zero attached hydrogens (tertiary/aromatic N) is 1. The zero-order valence-electron chi connectivity index (χ0n) is 12.6. The maximum absolute atomic E-state index is 12.4. The van der Waals surface area contributed by atoms with E-state index in [0.717, 1.165) is 13.0 Å². The van der Waals surface area contributed by atoms with Crippen LogP contribution in [0.4, 0.5) is 11.5 Å². The van der Waals surface area contributed by atoms with Crippen molar-refractivity contribution in [2.45, 2.75) is 18.2 Å². The van der Waals surface area contributed by atoms with Crippen LogP contribution in [0.5, 0.6) is 11.5 Å². The summed E-state index contributed by atoms with van der Waals surface area (Å²) >= 11 is 0. The molecule has 2 heterocycles. The number of rotatable bonds is 6. The van der Waals surface area contributed by atoms with E-state index in [9.17, 15) is 8.42 Å². The average molecular weight is 335 g/mol. The zero-order chi connectivity index (χ0) is 16.3. The van der Waals surface area contributed by atoms with Crippen molar-refractivity contribution in [1.82, 2.24) is 4.98 Å². The summed E-state index contributed by atoms with van der Waals surface area (Å²) in [7, 11) is -3.71. The van der Waals surface area contributed by atoms with Gasteiger partial charge in [0.2, 0.25) is 6.79 Å². The summed E-state index contributed by atoms with van der Waals surface area (Å²) in [5.74, 6) is 1.67. The SMILES string of the molecule is CCCNc1ccc(NS(=O)(=O)c2ccc3c(c2)OCO3)cn1. The number of nitrogens with one attached hydrogen (secondary N) is 2. The number of sulfonamides is 1. The van der Waals surface area contributed by atoms with E-state index in [4.69, 9.17) is 9.47 Å². The predicted octanol–water partition coefficient (Wildman–Crippen LogP) is 2.43. The highest BCUT2D eigenvalue weighted by Gasteiger charge is 2.20. The van der Waals surface area contributed by atoms with Gasteiger partial charge in [-0.2, -0.15) is 0 Å². The van der Waals surface area contributed by atoms with Crippen molar-refractivity contribution in [3.05, 3.63) is 36.5 Å². The maximum atomic E-state index is 12.4. The topological polar surface area (TPSA) is 89.5 Å². The molecule has 1 aliphatic rings. The molecule has 1 aromatic carbocycles. The van der Waals surface area contributed by atoms with E-state index < -0.39 is 10.0 Å². The fraction of sp³-hybridized carbons (Fsp3) is 0.267. The minimum atomic E-state index is -3.71. The van der Waals surface area contributed by atoms with Gasteiger partial charge in [-0.3, -0.25) is 4.72 Å². The molecule has 0 radical (unpaired) electrons. The molecule has 2 aromatic rings. The van der Waals surface area contributed by atoms with E-state index in [-0.39, 0.29) is 11.7 Å². The summed E-state index contributed by atoms with van der Waals surface area (Å²) in [6.45, 7) is 2.97. The van der Waals surface area contributed by atoms with E-state index in [2.05, 4.69) is 21.9 Å². The molecule has 0 atom stereocenters. The van der Waals surface area contributed by atoms with E-state index in [1.807, 2.05) is 0 Å². The van der Waals surface area contributed by atoms with Crippen LogP contribution in [0.25, 0.3) is 0 Å². The molecule has 2 N–H and O–H groups in total. The Morgan fingerprint density at radius 2 is 2.00 bits per heavy atom. The van der Waals surface area contributed by atoms with E-state index in [1.165, 1.54) is 18.3 Å². The van der Waals surface area contributed by atoms with Crippen molar-refractivity contribution in [3.63, 3.8) is 0 Å². The third-order valence-corrected chi connectivity index (χ3v) is 4.61. The van der Waals surface area contributed by atoms with Crippen LogP contribution in [0.3, 0.4) is 0 Å². The number of aromatic nitrogens is 1. The lowest BCUT2D eigenvalue weighted by atomic mass is 10.3. The van der Waals surface area contributed by atoms with Crippen LogP contribution in [0.15, 0.2) is 41.4 Å². The first-order chi connectivity index (χ1) is 11.1. The van der Waals surface area contributed by atoms with Crippen LogP contribution in [-0.4, -0.2) is 26.7 Å². The van der Waals surface area contributed by atoms with Gasteiger partial charge in [-0.1, -0.05) is 6.92 Å². The molecular weight excluding hydrogens is 318 g/mol. The Morgan fingerprint density at radius 1 is 1.17 bits per heavy atom. The summed E-state index contributed by atoms with van der Waals surface area (Å²) in [6.07, 6.45) is 2.46. The Kier molecular flexibility index (Phi) is 4.24. The molecule has 23 heavy (non-hydrogen) atoms. The number of pyridine rings is 1. The number of benzene rings is 1. The van der Waals surface area contributed by atoms with Crippen LogP contribution in [0.1, 0.15) is 13.3 Å². The normalized spacial score (nSPS) is 12.9. The van der Waals surface area contributed by atoms with Crippen molar-refractivity contribution in [3.8, 4) is 11.5 Å². The van der Waals surface area contributed by atoms with Gasteiger partial charge in [0, 0.05) is 12.6 Å². The summed E-state index contributed by atoms with van der Waals surface area (Å²) < 4.78 is 37.7. The molecule has 3 rings (SSSR count). The molecule has 0 amide bonds. The second-order valence-corrected chi connectivity index (χ2v) is 6.66. The number of hydrogen-bond acceptors (Lipinski definition) is 6. The maximum Gasteiger partial charge on any atom is 0.262 e. The van der Waals surface area contributed by atoms with E-state index in [0.29, 0.717) is 23.0 Å². The molecule has 7 nitrogen and oxygen atoms in total. The fourth-order valence-corrected chi connectivity index (χ4v) is 3.13. The van der Waals surface area contributed by atoms with E-state index >= 15 is 0 Å². The fourth-order valence-electron chi connectivity index (χ4n) is 2.07. The third-order valence-electron chi connectivity index (χ3n) is 3.23. The Hall–Kier alpha value is -2.48. The van der Waals surface area contributed by atoms with E-state index in [1.54, 1.807) is 18.2 Å². The molecule has 0 unspecified atom stereocenters. The van der Waals surface area contributed by atoms with Gasteiger partial charge in [0.15, 0.2) is 11.5 Å². The summed E-state index contributed by atoms with van der Waals surface area (Å²) in [4.78, 5) is 4.28. The number of ether oxygens (including phenoxy) is 2. The van der Waals surface area contributed by atoms with Crippen molar-refractivity contribution < 1.29 is 17.9 Å². The number of anilines is 2. The lowest BCUT2D eigenvalue weighted by Gasteiger charge is -2.09. The summed E-state index contributed by atoms with van der Waals surface area (Å²) in [5.41, 5.74) is 0.393. The third kappa shape index (κ3) is 3.48. The van der Waals surface area contributed by atoms with Gasteiger partial charge in [0.05, 0.1) is 16.8 Å². The molecule has 0 saturated carbocycles. The first-order valence-electron chi connectivity index (χ1n) is 7.21. The second kappa shape index (κ2) is 6.33. The summed E-state index contributed by atoms with van der Waals surface area (Å²) in [6, 6.07) is 7.88. The summed E-state index contributed by atoms with van der Waals surface area (Å²) in [5, 5.41) is 3.13. The molecule has 122 valence electrons. The lowest BCUT2D eigenvalue weighted by Crippen LogP contribution is -2.13. The predicted molar refractivity (Wildman–Crippen MR) is 86.4 cm³/mol. The van der Waals surface area contributed by atoms with Crippen LogP contribution in [0, 0.1) is 0 Å². The van der Waals surface area contributed by atoms with Crippen molar-refractivity contribution in [1.29, 1.82) is 0 Å². The second-order valence-electron chi connectivity index (χ2n) is 4.98. The van der Waals surface area contributed by atoms with Gasteiger partial charge in [0.25, 0.3) is 10.0 Å². The highest BCUT2D eigenvalue weighted by molar-refractivity contribution is 7.92. The molecule has 0 aliphatic carbocycles. The van der Waals surface area contributed by atoms with Gasteiger partial charge >= 0.3 is 0 Å². The first kappa shape index (κ1) is 15.4. The Bertz CT molecular complexity index is 791. The van der Waals surface area contributed by atoms with Gasteiger partial charge in [0.1, 0.15) is 5.82 Å². The van der Waals surface area contributed by atoms with Crippen LogP contribution >= 0.6 is 0 Å². The minimum Gasteiger partial charge on any atom is -0.454 e. The van der Waals surface area contributed by atoms with Crippen molar-refractivity contribution >= 4 is 21.5 Å². The lowest BCUT2D eigenvalue weighted by molar-refractivity contribution is 0.174. The highest BCUT2D eigenvalue weighted by atomic mass is 32.2. The average Bonchev–Trinajstić information content (AvgIpc) is 3.01. The molecule has 0 bridgehead atoms. The molecule has 8 heteroatoms. The molecule has 0 fully saturated rings. The standard InChI is InChI=1S/C15H17N3O4S/c1-2-7-16-15-6-3-11(9-17-15)18-23(19,20)12-4-5-13-14(8-12)22-10-21-13/h3-6,8-9,18H,2,7,10H2,1H3,(H,16,17). The molecular formula is C15H17N3O4S. The largest absolute Gasteiger partial charge is 0.454 e. The van der Waals surface area contributed by atoms with Gasteiger partial charge < -0.3 is 14.8 Å². The van der Waals surface area contributed by atoms with Gasteiger partial charge in [-0.15, -0.1) is 0 Å². The van der Waals surface area contributed by atoms with Gasteiger partial charge in [-0.05, 0) is 30.7 Å². The first-order valence-corrected chi connectivity index (χ1v) is 8.69. The molecule has 1 aromatic heterocycles. The Morgan fingerprint density at radius 3 is 2.74 bits per heavy atom. The van der Waals surface area contributed by atoms with Crippen LogP contribution < -0.4 is 19.5 Å². The van der Waals surface area contributed by atoms with Gasteiger partial charge in [-0.25, -0.2) is 13.4 Å². The van der Waals surface area contributed by atoms with Crippen LogP contribution in [0.2, 0.25) is 0 Å². The van der Waals surface area contributed by atoms with Crippen molar-refractivity contribution in [2.75, 3.05) is 23.4 Å². The zero-order valence-corrected chi connectivity index (χ0v) is 13.4. The molecule has 0 saturated heterocycles. The quantitative estimate of drug-likeness (QED) is 0.843. The Balaban J connectivity index is 1.75. The van der Waals surface area contributed by atoms with Crippen LogP contribution in [-0.2, 0) is 10.0 Å². The number of fused-ring (bicyclic) bond motifs is 1. The van der Waals surface area contributed by atoms with Crippen molar-refractivity contribution in [2.24, 2.45) is 0 Å². The number of hydrogen-bond donors (Lipinski definition) is 2. The molecule has 0 spiro atoms. The molecule has 1 aliphatic heterocycles. The Labute approximate surface area is 134 Å². The highest BCUT2D eigenvalue weighted by Crippen LogP contribution is 2.34. The smallest absolute Gasteiger partial charge is 0.262 e. The monoisotopic (exact) mass is 335 g/mol.